The average Bonchev–Trinajstić information content (AvgIpc) is 3.57. The highest BCUT2D eigenvalue weighted by atomic mass is 32.1. The third kappa shape index (κ3) is 5.41. The van der Waals surface area contributed by atoms with E-state index >= 15 is 0 Å². The Morgan fingerprint density at radius 1 is 1.15 bits per heavy atom. The summed E-state index contributed by atoms with van der Waals surface area (Å²) in [6.07, 6.45) is 5.00. The van der Waals surface area contributed by atoms with Gasteiger partial charge in [0.25, 0.3) is 5.91 Å². The van der Waals surface area contributed by atoms with Gasteiger partial charge in [-0.05, 0) is 82.0 Å². The van der Waals surface area contributed by atoms with Gasteiger partial charge in [0.15, 0.2) is 5.82 Å². The molecule has 41 heavy (non-hydrogen) atoms. The Morgan fingerprint density at radius 2 is 1.95 bits per heavy atom. The number of alkyl carbamates (subject to hydrolysis) is 1. The van der Waals surface area contributed by atoms with Gasteiger partial charge in [0.05, 0.1) is 18.3 Å². The second-order valence-electron chi connectivity index (χ2n) is 12.4. The van der Waals surface area contributed by atoms with E-state index in [1.165, 1.54) is 29.5 Å². The van der Waals surface area contributed by atoms with Crippen LogP contribution in [0.1, 0.15) is 63.2 Å². The molecule has 4 aromatic rings. The molecule has 1 atom stereocenters. The molecule has 1 aromatic carbocycles. The highest BCUT2D eigenvalue weighted by Gasteiger charge is 2.29. The number of thiophene rings is 1. The summed E-state index contributed by atoms with van der Waals surface area (Å²) in [5.41, 5.74) is 2.64. The van der Waals surface area contributed by atoms with E-state index in [9.17, 15) is 9.59 Å². The Morgan fingerprint density at radius 3 is 2.66 bits per heavy atom. The molecule has 3 aromatic heterocycles. The molecule has 1 aliphatic carbocycles. The number of imidazole rings is 1. The van der Waals surface area contributed by atoms with Crippen LogP contribution >= 0.6 is 11.3 Å². The molecule has 2 fully saturated rings. The third-order valence-electron chi connectivity index (χ3n) is 8.23. The number of aromatic nitrogens is 3. The van der Waals surface area contributed by atoms with Crippen LogP contribution in [0.15, 0.2) is 29.6 Å². The van der Waals surface area contributed by atoms with E-state index in [4.69, 9.17) is 14.5 Å². The van der Waals surface area contributed by atoms with Gasteiger partial charge >= 0.3 is 6.09 Å². The van der Waals surface area contributed by atoms with Gasteiger partial charge in [0, 0.05) is 43.7 Å². The summed E-state index contributed by atoms with van der Waals surface area (Å²) in [6.45, 7) is 7.57. The number of amides is 2. The van der Waals surface area contributed by atoms with Crippen LogP contribution in [-0.2, 0) is 18.3 Å². The molecule has 1 unspecified atom stereocenters. The summed E-state index contributed by atoms with van der Waals surface area (Å²) in [5, 5.41) is 6.32. The van der Waals surface area contributed by atoms with E-state index in [0.29, 0.717) is 30.3 Å². The summed E-state index contributed by atoms with van der Waals surface area (Å²) in [7, 11) is 3.65. The fourth-order valence-corrected chi connectivity index (χ4v) is 6.94. The first-order valence-electron chi connectivity index (χ1n) is 14.5. The summed E-state index contributed by atoms with van der Waals surface area (Å²) >= 11 is 1.77. The molecule has 1 aliphatic heterocycles. The number of carbonyl (C=O) groups excluding carboxylic acids is 2. The Kier molecular flexibility index (Phi) is 7.21. The van der Waals surface area contributed by atoms with Gasteiger partial charge in [0.1, 0.15) is 21.7 Å². The SMILES string of the molecule is COc1cc(C(=O)N2CCCC(NC(=O)OC(C)(C)C)C2)cc2nc(-c3cc4ccsc4n3CC3CCC3)n(C)c12. The van der Waals surface area contributed by atoms with Crippen molar-refractivity contribution in [2.75, 3.05) is 20.2 Å². The molecule has 9 nitrogen and oxygen atoms in total. The van der Waals surface area contributed by atoms with Crippen LogP contribution in [0.3, 0.4) is 0 Å². The first-order chi connectivity index (χ1) is 19.6. The van der Waals surface area contributed by atoms with Crippen LogP contribution in [-0.4, -0.2) is 62.9 Å². The number of piperidine rings is 1. The van der Waals surface area contributed by atoms with E-state index in [2.05, 4.69) is 32.0 Å². The lowest BCUT2D eigenvalue weighted by molar-refractivity contribution is 0.0452. The molecule has 4 heterocycles. The second kappa shape index (κ2) is 10.7. The largest absolute Gasteiger partial charge is 0.494 e. The monoisotopic (exact) mass is 577 g/mol. The number of carbonyl (C=O) groups is 2. The minimum Gasteiger partial charge on any atom is -0.494 e. The zero-order valence-electron chi connectivity index (χ0n) is 24.5. The van der Waals surface area contributed by atoms with Crippen LogP contribution in [0, 0.1) is 5.92 Å². The number of benzene rings is 1. The van der Waals surface area contributed by atoms with E-state index in [1.807, 2.05) is 40.0 Å². The predicted octanol–water partition coefficient (Wildman–Crippen LogP) is 6.19. The number of methoxy groups -OCH3 is 1. The second-order valence-corrected chi connectivity index (χ2v) is 13.3. The van der Waals surface area contributed by atoms with Gasteiger partial charge in [-0.1, -0.05) is 6.42 Å². The normalized spacial score (nSPS) is 18.1. The topological polar surface area (TPSA) is 90.6 Å². The predicted molar refractivity (Wildman–Crippen MR) is 162 cm³/mol. The van der Waals surface area contributed by atoms with Gasteiger partial charge in [-0.3, -0.25) is 4.79 Å². The number of nitrogens with zero attached hydrogens (tertiary/aromatic N) is 4. The molecule has 1 N–H and O–H groups in total. The molecule has 6 rings (SSSR count). The van der Waals surface area contributed by atoms with Crippen molar-refractivity contribution in [3.8, 4) is 17.3 Å². The summed E-state index contributed by atoms with van der Waals surface area (Å²) in [5.74, 6) is 2.09. The maximum absolute atomic E-state index is 13.7. The van der Waals surface area contributed by atoms with Crippen molar-refractivity contribution in [2.24, 2.45) is 13.0 Å². The van der Waals surface area contributed by atoms with Crippen molar-refractivity contribution in [3.63, 3.8) is 0 Å². The minimum absolute atomic E-state index is 0.0954. The number of rotatable bonds is 6. The first kappa shape index (κ1) is 27.6. The number of likely N-dealkylation sites (tertiary alicyclic amines) is 1. The zero-order chi connectivity index (χ0) is 28.9. The molecule has 218 valence electrons. The van der Waals surface area contributed by atoms with Crippen molar-refractivity contribution in [3.05, 3.63) is 35.2 Å². The highest BCUT2D eigenvalue weighted by Crippen LogP contribution is 2.38. The van der Waals surface area contributed by atoms with Crippen LogP contribution in [0.4, 0.5) is 4.79 Å². The molecule has 2 amide bonds. The molecule has 0 bridgehead atoms. The van der Waals surface area contributed by atoms with Gasteiger partial charge in [-0.2, -0.15) is 0 Å². The maximum atomic E-state index is 13.7. The first-order valence-corrected chi connectivity index (χ1v) is 15.4. The van der Waals surface area contributed by atoms with Crippen molar-refractivity contribution >= 4 is 44.6 Å². The van der Waals surface area contributed by atoms with E-state index < -0.39 is 11.7 Å². The molecule has 0 spiro atoms. The third-order valence-corrected chi connectivity index (χ3v) is 9.18. The number of nitrogens with one attached hydrogen (secondary N) is 1. The lowest BCUT2D eigenvalue weighted by Gasteiger charge is -2.33. The Balaban J connectivity index is 1.30. The highest BCUT2D eigenvalue weighted by molar-refractivity contribution is 7.16. The standard InChI is InChI=1S/C31H39N5O4S/c1-31(2,3)40-30(38)32-22-10-7-12-35(18-22)28(37)21-14-23-26(25(16-21)39-5)34(4)27(33-23)24-15-20-11-13-41-29(20)36(24)17-19-8-6-9-19/h11,13-16,19,22H,6-10,12,17-18H2,1-5H3,(H,32,38). The molecule has 1 saturated carbocycles. The molecular formula is C31H39N5O4S. The molecule has 1 saturated heterocycles. The Bertz CT molecular complexity index is 1610. The zero-order valence-corrected chi connectivity index (χ0v) is 25.3. The van der Waals surface area contributed by atoms with E-state index in [-0.39, 0.29) is 11.9 Å². The Labute approximate surface area is 244 Å². The van der Waals surface area contributed by atoms with E-state index in [0.717, 1.165) is 41.9 Å². The summed E-state index contributed by atoms with van der Waals surface area (Å²) in [4.78, 5) is 34.2. The van der Waals surface area contributed by atoms with E-state index in [1.54, 1.807) is 23.3 Å². The molecule has 10 heteroatoms. The van der Waals surface area contributed by atoms with Crippen LogP contribution < -0.4 is 10.1 Å². The maximum Gasteiger partial charge on any atom is 0.407 e. The van der Waals surface area contributed by atoms with Gasteiger partial charge < -0.3 is 28.8 Å². The molecular weight excluding hydrogens is 538 g/mol. The smallest absolute Gasteiger partial charge is 0.407 e. The fourth-order valence-electron chi connectivity index (χ4n) is 6.03. The van der Waals surface area contributed by atoms with Crippen molar-refractivity contribution in [1.82, 2.24) is 24.3 Å². The lowest BCUT2D eigenvalue weighted by Crippen LogP contribution is -2.50. The number of aryl methyl sites for hydroxylation is 1. The van der Waals surface area contributed by atoms with Gasteiger partial charge in [-0.25, -0.2) is 9.78 Å². The average molecular weight is 578 g/mol. The number of hydrogen-bond acceptors (Lipinski definition) is 6. The van der Waals surface area contributed by atoms with Crippen molar-refractivity contribution in [2.45, 2.75) is 71.1 Å². The summed E-state index contributed by atoms with van der Waals surface area (Å²) in [6, 6.07) is 7.93. The lowest BCUT2D eigenvalue weighted by atomic mass is 9.85. The number of ether oxygens (including phenoxy) is 2. The van der Waals surface area contributed by atoms with Crippen LogP contribution in [0.5, 0.6) is 5.75 Å². The number of hydrogen-bond donors (Lipinski definition) is 1. The minimum atomic E-state index is -0.573. The Hall–Kier alpha value is -3.53. The quantitative estimate of drug-likeness (QED) is 0.295. The molecule has 0 radical (unpaired) electrons. The van der Waals surface area contributed by atoms with Crippen molar-refractivity contribution < 1.29 is 19.1 Å². The van der Waals surface area contributed by atoms with Crippen LogP contribution in [0.25, 0.3) is 32.8 Å². The van der Waals surface area contributed by atoms with Crippen LogP contribution in [0.2, 0.25) is 0 Å². The fraction of sp³-hybridized carbons (Fsp3) is 0.516. The van der Waals surface area contributed by atoms with Gasteiger partial charge in [-0.15, -0.1) is 11.3 Å². The van der Waals surface area contributed by atoms with Crippen molar-refractivity contribution in [1.29, 1.82) is 0 Å². The summed E-state index contributed by atoms with van der Waals surface area (Å²) < 4.78 is 15.7. The number of fused-ring (bicyclic) bond motifs is 2. The van der Waals surface area contributed by atoms with Gasteiger partial charge in [0.2, 0.25) is 0 Å². The molecule has 2 aliphatic rings.